The highest BCUT2D eigenvalue weighted by Gasteiger charge is 2.55. The Bertz CT molecular complexity index is 709. The molecule has 1 spiro atoms. The first kappa shape index (κ1) is 12.2. The third-order valence-corrected chi connectivity index (χ3v) is 5.13. The van der Waals surface area contributed by atoms with Gasteiger partial charge < -0.3 is 0 Å². The molecule has 0 bridgehead atoms. The van der Waals surface area contributed by atoms with Crippen LogP contribution in [0.25, 0.3) is 5.52 Å². The van der Waals surface area contributed by atoms with E-state index in [0.29, 0.717) is 22.3 Å². The fraction of sp³-hybridized carbons (Fsp3) is 0.625. The van der Waals surface area contributed by atoms with E-state index in [0.717, 1.165) is 6.54 Å². The molecule has 4 heteroatoms. The summed E-state index contributed by atoms with van der Waals surface area (Å²) in [5.74, 6) is 0.656. The molecule has 2 fully saturated rings. The predicted octanol–water partition coefficient (Wildman–Crippen LogP) is 2.71. The van der Waals surface area contributed by atoms with E-state index < -0.39 is 0 Å². The van der Waals surface area contributed by atoms with E-state index in [4.69, 9.17) is 0 Å². The molecule has 0 aromatic carbocycles. The Morgan fingerprint density at radius 2 is 2.10 bits per heavy atom. The van der Waals surface area contributed by atoms with Gasteiger partial charge in [-0.25, -0.2) is 4.52 Å². The number of aromatic nitrogens is 3. The van der Waals surface area contributed by atoms with Gasteiger partial charge in [0.15, 0.2) is 0 Å². The zero-order valence-corrected chi connectivity index (χ0v) is 12.2. The lowest BCUT2D eigenvalue weighted by Gasteiger charge is -2.62. The molecule has 0 unspecified atom stereocenters. The zero-order valence-electron chi connectivity index (χ0n) is 12.2. The summed E-state index contributed by atoms with van der Waals surface area (Å²) in [5, 5.41) is 4.29. The molecule has 2 heterocycles. The van der Waals surface area contributed by atoms with Gasteiger partial charge in [-0.1, -0.05) is 13.8 Å². The highest BCUT2D eigenvalue weighted by atomic mass is 16.1. The van der Waals surface area contributed by atoms with Crippen molar-refractivity contribution in [1.29, 1.82) is 0 Å². The molecule has 106 valence electrons. The van der Waals surface area contributed by atoms with Gasteiger partial charge in [0.2, 0.25) is 0 Å². The summed E-state index contributed by atoms with van der Waals surface area (Å²) in [7, 11) is 0. The third kappa shape index (κ3) is 1.74. The summed E-state index contributed by atoms with van der Waals surface area (Å²) in [5.41, 5.74) is 1.92. The van der Waals surface area contributed by atoms with Gasteiger partial charge in [-0.05, 0) is 54.6 Å². The number of fused-ring (bicyclic) bond motifs is 1. The molecule has 2 aliphatic carbocycles. The van der Waals surface area contributed by atoms with Crippen molar-refractivity contribution < 1.29 is 0 Å². The number of hydrogen-bond acceptors (Lipinski definition) is 2. The standard InChI is InChI=1S/C16H21N3O/c1-15(2)9-16(10-15)6-12(7-16)8-18-11-17-19-5-3-4-13(19)14(18)20/h3-5,11-12H,6-10H2,1-2H3. The molecule has 0 saturated heterocycles. The topological polar surface area (TPSA) is 39.3 Å². The molecule has 2 aromatic rings. The summed E-state index contributed by atoms with van der Waals surface area (Å²) in [4.78, 5) is 12.3. The highest BCUT2D eigenvalue weighted by molar-refractivity contribution is 5.43. The molecule has 0 radical (unpaired) electrons. The van der Waals surface area contributed by atoms with Gasteiger partial charge in [-0.3, -0.25) is 9.36 Å². The first-order chi connectivity index (χ1) is 9.46. The Balaban J connectivity index is 1.48. The molecule has 0 N–H and O–H groups in total. The zero-order chi connectivity index (χ0) is 14.0. The van der Waals surface area contributed by atoms with Crippen molar-refractivity contribution in [3.05, 3.63) is 35.0 Å². The quantitative estimate of drug-likeness (QED) is 0.842. The van der Waals surface area contributed by atoms with Gasteiger partial charge in [-0.2, -0.15) is 5.10 Å². The van der Waals surface area contributed by atoms with E-state index in [9.17, 15) is 4.79 Å². The molecular weight excluding hydrogens is 250 g/mol. The maximum absolute atomic E-state index is 12.3. The van der Waals surface area contributed by atoms with Crippen LogP contribution in [0.15, 0.2) is 29.5 Å². The van der Waals surface area contributed by atoms with Crippen molar-refractivity contribution in [2.75, 3.05) is 0 Å². The Morgan fingerprint density at radius 3 is 2.80 bits per heavy atom. The van der Waals surface area contributed by atoms with Gasteiger partial charge in [0, 0.05) is 12.7 Å². The van der Waals surface area contributed by atoms with Gasteiger partial charge in [-0.15, -0.1) is 0 Å². The van der Waals surface area contributed by atoms with E-state index in [-0.39, 0.29) is 5.56 Å². The first-order valence-corrected chi connectivity index (χ1v) is 7.49. The lowest BCUT2D eigenvalue weighted by Crippen LogP contribution is -2.52. The third-order valence-electron chi connectivity index (χ3n) is 5.13. The normalized spacial score (nSPS) is 23.7. The maximum atomic E-state index is 12.3. The number of nitrogens with zero attached hydrogens (tertiary/aromatic N) is 3. The van der Waals surface area contributed by atoms with Crippen molar-refractivity contribution in [3.63, 3.8) is 0 Å². The van der Waals surface area contributed by atoms with E-state index in [1.807, 2.05) is 18.3 Å². The summed E-state index contributed by atoms with van der Waals surface area (Å²) < 4.78 is 3.44. The van der Waals surface area contributed by atoms with Crippen LogP contribution in [0, 0.1) is 16.7 Å². The van der Waals surface area contributed by atoms with E-state index in [1.165, 1.54) is 25.7 Å². The highest BCUT2D eigenvalue weighted by Crippen LogP contribution is 2.66. The number of hydrogen-bond donors (Lipinski definition) is 0. The van der Waals surface area contributed by atoms with Crippen LogP contribution in [0.5, 0.6) is 0 Å². The molecule has 2 aliphatic rings. The summed E-state index contributed by atoms with van der Waals surface area (Å²) in [6.45, 7) is 5.55. The molecule has 4 nitrogen and oxygen atoms in total. The average molecular weight is 271 g/mol. The molecular formula is C16H21N3O. The second-order valence-corrected chi connectivity index (χ2v) is 7.72. The second-order valence-electron chi connectivity index (χ2n) is 7.72. The Morgan fingerprint density at radius 1 is 1.35 bits per heavy atom. The largest absolute Gasteiger partial charge is 0.296 e. The van der Waals surface area contributed by atoms with Crippen LogP contribution in [-0.4, -0.2) is 14.2 Å². The Labute approximate surface area is 118 Å². The van der Waals surface area contributed by atoms with Gasteiger partial charge >= 0.3 is 0 Å². The Kier molecular flexibility index (Phi) is 2.28. The summed E-state index contributed by atoms with van der Waals surface area (Å²) in [6.07, 6.45) is 8.80. The molecule has 20 heavy (non-hydrogen) atoms. The molecule has 0 aliphatic heterocycles. The van der Waals surface area contributed by atoms with Crippen LogP contribution >= 0.6 is 0 Å². The minimum atomic E-state index is 0.0832. The lowest BCUT2D eigenvalue weighted by atomic mass is 9.44. The molecule has 2 saturated carbocycles. The van der Waals surface area contributed by atoms with Crippen LogP contribution in [0.4, 0.5) is 0 Å². The van der Waals surface area contributed by atoms with E-state index in [2.05, 4.69) is 18.9 Å². The van der Waals surface area contributed by atoms with E-state index in [1.54, 1.807) is 15.4 Å². The predicted molar refractivity (Wildman–Crippen MR) is 77.6 cm³/mol. The monoisotopic (exact) mass is 271 g/mol. The van der Waals surface area contributed by atoms with Crippen LogP contribution in [-0.2, 0) is 6.54 Å². The minimum absolute atomic E-state index is 0.0832. The molecule has 4 rings (SSSR count). The van der Waals surface area contributed by atoms with Crippen molar-refractivity contribution in [3.8, 4) is 0 Å². The van der Waals surface area contributed by atoms with Crippen LogP contribution in [0.3, 0.4) is 0 Å². The van der Waals surface area contributed by atoms with Crippen LogP contribution < -0.4 is 5.56 Å². The van der Waals surface area contributed by atoms with Gasteiger partial charge in [0.1, 0.15) is 11.8 Å². The van der Waals surface area contributed by atoms with Crippen molar-refractivity contribution >= 4 is 5.52 Å². The average Bonchev–Trinajstić information content (AvgIpc) is 2.76. The Hall–Kier alpha value is -1.58. The SMILES string of the molecule is CC1(C)CC2(CC(Cn3cnn4cccc4c3=O)C2)C1. The van der Waals surface area contributed by atoms with Crippen LogP contribution in [0.1, 0.15) is 39.5 Å². The second kappa shape index (κ2) is 3.74. The van der Waals surface area contributed by atoms with Crippen molar-refractivity contribution in [2.45, 2.75) is 46.1 Å². The van der Waals surface area contributed by atoms with Gasteiger partial charge in [0.05, 0.1) is 0 Å². The minimum Gasteiger partial charge on any atom is -0.296 e. The molecule has 0 atom stereocenters. The summed E-state index contributed by atoms with van der Waals surface area (Å²) in [6, 6.07) is 3.70. The van der Waals surface area contributed by atoms with Gasteiger partial charge in [0.25, 0.3) is 5.56 Å². The molecule has 0 amide bonds. The lowest BCUT2D eigenvalue weighted by molar-refractivity contribution is -0.113. The summed E-state index contributed by atoms with van der Waals surface area (Å²) >= 11 is 0. The van der Waals surface area contributed by atoms with Crippen molar-refractivity contribution in [2.24, 2.45) is 16.7 Å². The smallest absolute Gasteiger partial charge is 0.277 e. The fourth-order valence-electron chi connectivity index (χ4n) is 4.93. The van der Waals surface area contributed by atoms with E-state index >= 15 is 0 Å². The maximum Gasteiger partial charge on any atom is 0.277 e. The molecule has 2 aromatic heterocycles. The first-order valence-electron chi connectivity index (χ1n) is 7.49. The fourth-order valence-corrected chi connectivity index (χ4v) is 4.93. The van der Waals surface area contributed by atoms with Crippen molar-refractivity contribution in [1.82, 2.24) is 14.2 Å². The van der Waals surface area contributed by atoms with Crippen LogP contribution in [0.2, 0.25) is 0 Å². The number of rotatable bonds is 2.